The number of nitriles is 1. The van der Waals surface area contributed by atoms with E-state index in [0.29, 0.717) is 21.7 Å². The van der Waals surface area contributed by atoms with Crippen molar-refractivity contribution < 1.29 is 9.34 Å². The molecule has 0 atom stereocenters. The van der Waals surface area contributed by atoms with Crippen LogP contribution in [-0.2, 0) is 6.42 Å². The van der Waals surface area contributed by atoms with Crippen molar-refractivity contribution in [2.24, 2.45) is 0 Å². The van der Waals surface area contributed by atoms with Crippen molar-refractivity contribution in [2.45, 2.75) is 13.3 Å². The van der Waals surface area contributed by atoms with E-state index in [1.54, 1.807) is 11.6 Å². The molecule has 2 heterocycles. The third-order valence-corrected chi connectivity index (χ3v) is 5.70. The molecule has 1 N–H and O–H groups in total. The first-order valence-electron chi connectivity index (χ1n) is 9.63. The number of thiazole rings is 1. The zero-order valence-corrected chi connectivity index (χ0v) is 17.7. The summed E-state index contributed by atoms with van der Waals surface area (Å²) in [6.07, 6.45) is 2.43. The predicted octanol–water partition coefficient (Wildman–Crippen LogP) is 5.36. The Morgan fingerprint density at radius 2 is 2.12 bits per heavy atom. The lowest BCUT2D eigenvalue weighted by atomic mass is 10.1. The molecule has 9 heteroatoms. The van der Waals surface area contributed by atoms with Gasteiger partial charge in [0.25, 0.3) is 5.69 Å². The normalized spacial score (nSPS) is 11.3. The smallest absolute Gasteiger partial charge is 0.345 e. The van der Waals surface area contributed by atoms with E-state index in [-0.39, 0.29) is 16.8 Å². The van der Waals surface area contributed by atoms with Crippen LogP contribution in [0.2, 0.25) is 0 Å². The van der Waals surface area contributed by atoms with Gasteiger partial charge < -0.3 is 9.73 Å². The second-order valence-electron chi connectivity index (χ2n) is 6.79. The summed E-state index contributed by atoms with van der Waals surface area (Å²) in [5.74, 6) is 0. The molecule has 0 aliphatic carbocycles. The number of anilines is 1. The maximum atomic E-state index is 12.5. The molecular weight excluding hydrogens is 428 g/mol. The molecule has 32 heavy (non-hydrogen) atoms. The monoisotopic (exact) mass is 444 g/mol. The Morgan fingerprint density at radius 3 is 2.88 bits per heavy atom. The number of non-ortho nitro benzene ring substituents is 1. The average molecular weight is 444 g/mol. The fourth-order valence-corrected chi connectivity index (χ4v) is 3.97. The van der Waals surface area contributed by atoms with Crippen LogP contribution in [0.1, 0.15) is 17.5 Å². The maximum Gasteiger partial charge on any atom is 0.345 e. The molecule has 4 aromatic rings. The molecule has 0 amide bonds. The number of nitrogens with zero attached hydrogens (tertiary/aromatic N) is 3. The molecule has 0 spiro atoms. The third kappa shape index (κ3) is 4.12. The summed E-state index contributed by atoms with van der Waals surface area (Å²) < 4.78 is 5.30. The molecule has 2 aromatic heterocycles. The van der Waals surface area contributed by atoms with Crippen LogP contribution in [0.5, 0.6) is 0 Å². The van der Waals surface area contributed by atoms with E-state index in [1.807, 2.05) is 31.2 Å². The number of fused-ring (bicyclic) bond motifs is 1. The molecule has 0 fully saturated rings. The largest absolute Gasteiger partial charge is 0.422 e. The highest BCUT2D eigenvalue weighted by Crippen LogP contribution is 2.28. The van der Waals surface area contributed by atoms with Crippen LogP contribution < -0.4 is 10.9 Å². The Balaban J connectivity index is 1.68. The van der Waals surface area contributed by atoms with Crippen molar-refractivity contribution in [1.29, 1.82) is 5.26 Å². The van der Waals surface area contributed by atoms with Gasteiger partial charge in [-0.25, -0.2) is 9.78 Å². The second-order valence-corrected chi connectivity index (χ2v) is 7.65. The highest BCUT2D eigenvalue weighted by molar-refractivity contribution is 7.11. The molecule has 0 saturated carbocycles. The fourth-order valence-electron chi connectivity index (χ4n) is 3.19. The number of hydrogen-bond acceptors (Lipinski definition) is 8. The van der Waals surface area contributed by atoms with Gasteiger partial charge in [0.05, 0.1) is 16.2 Å². The molecule has 0 radical (unpaired) electrons. The molecule has 0 bridgehead atoms. The SMILES string of the molecule is CCc1ccccc1N/C=C(\C#N)c1nc(-c2cc3cc([N+](=O)[O-])ccc3oc2=O)cs1. The van der Waals surface area contributed by atoms with Gasteiger partial charge in [-0.3, -0.25) is 10.1 Å². The van der Waals surface area contributed by atoms with Crippen molar-refractivity contribution in [3.05, 3.63) is 91.2 Å². The highest BCUT2D eigenvalue weighted by atomic mass is 32.1. The number of nitrogens with one attached hydrogen (secondary N) is 1. The number of allylic oxidation sites excluding steroid dienone is 1. The fraction of sp³-hybridized carbons (Fsp3) is 0.0870. The molecule has 0 unspecified atom stereocenters. The Bertz CT molecular complexity index is 1460. The van der Waals surface area contributed by atoms with Crippen LogP contribution in [0.3, 0.4) is 0 Å². The number of aryl methyl sites for hydroxylation is 1. The van der Waals surface area contributed by atoms with Crippen molar-refractivity contribution in [3.8, 4) is 17.3 Å². The molecule has 0 aliphatic rings. The Morgan fingerprint density at radius 1 is 1.31 bits per heavy atom. The number of hydrogen-bond donors (Lipinski definition) is 1. The molecule has 0 saturated heterocycles. The Labute approximate surface area is 186 Å². The summed E-state index contributed by atoms with van der Waals surface area (Å²) in [5, 5.41) is 26.3. The van der Waals surface area contributed by atoms with Gasteiger partial charge in [-0.2, -0.15) is 5.26 Å². The topological polar surface area (TPSA) is 122 Å². The van der Waals surface area contributed by atoms with E-state index in [0.717, 1.165) is 17.7 Å². The number of nitro benzene ring substituents is 1. The van der Waals surface area contributed by atoms with E-state index in [2.05, 4.69) is 16.4 Å². The summed E-state index contributed by atoms with van der Waals surface area (Å²) in [4.78, 5) is 27.4. The Hall–Kier alpha value is -4.29. The molecular formula is C23H16N4O4S. The van der Waals surface area contributed by atoms with Crippen molar-refractivity contribution in [2.75, 3.05) is 5.32 Å². The maximum absolute atomic E-state index is 12.5. The summed E-state index contributed by atoms with van der Waals surface area (Å²) in [6.45, 7) is 2.05. The van der Waals surface area contributed by atoms with Crippen LogP contribution in [-0.4, -0.2) is 9.91 Å². The summed E-state index contributed by atoms with van der Waals surface area (Å²) >= 11 is 1.21. The lowest BCUT2D eigenvalue weighted by Gasteiger charge is -2.07. The summed E-state index contributed by atoms with van der Waals surface area (Å²) in [6, 6.07) is 15.4. The van der Waals surface area contributed by atoms with Crippen LogP contribution in [0.4, 0.5) is 11.4 Å². The van der Waals surface area contributed by atoms with Crippen LogP contribution >= 0.6 is 11.3 Å². The minimum absolute atomic E-state index is 0.107. The Kier molecular flexibility index (Phi) is 5.79. The zero-order chi connectivity index (χ0) is 22.7. The van der Waals surface area contributed by atoms with Gasteiger partial charge in [0.1, 0.15) is 22.2 Å². The highest BCUT2D eigenvalue weighted by Gasteiger charge is 2.15. The van der Waals surface area contributed by atoms with Crippen LogP contribution in [0.25, 0.3) is 27.8 Å². The van der Waals surface area contributed by atoms with Crippen molar-refractivity contribution >= 4 is 39.3 Å². The molecule has 4 rings (SSSR count). The van der Waals surface area contributed by atoms with Gasteiger partial charge >= 0.3 is 5.63 Å². The van der Waals surface area contributed by atoms with E-state index >= 15 is 0 Å². The minimum atomic E-state index is -0.610. The molecule has 0 aliphatic heterocycles. The summed E-state index contributed by atoms with van der Waals surface area (Å²) in [7, 11) is 0. The quantitative estimate of drug-likeness (QED) is 0.184. The van der Waals surface area contributed by atoms with E-state index in [4.69, 9.17) is 4.42 Å². The first kappa shape index (κ1) is 21.0. The number of benzene rings is 2. The number of para-hydroxylation sites is 1. The molecule has 8 nitrogen and oxygen atoms in total. The van der Waals surface area contributed by atoms with Crippen molar-refractivity contribution in [1.82, 2.24) is 4.98 Å². The average Bonchev–Trinajstić information content (AvgIpc) is 3.28. The first-order chi connectivity index (χ1) is 15.5. The summed E-state index contributed by atoms with van der Waals surface area (Å²) in [5.41, 5.74) is 2.36. The second kappa shape index (κ2) is 8.83. The predicted molar refractivity (Wildman–Crippen MR) is 123 cm³/mol. The standard InChI is InChI=1S/C23H16N4O4S/c1-2-14-5-3-4-6-19(14)25-12-16(11-24)22-26-20(13-32-22)18-10-15-9-17(27(29)30)7-8-21(15)31-23(18)28/h3-10,12-13,25H,2H2,1H3/b16-12+. The number of aromatic nitrogens is 1. The van der Waals surface area contributed by atoms with Gasteiger partial charge in [-0.15, -0.1) is 11.3 Å². The minimum Gasteiger partial charge on any atom is -0.422 e. The molecule has 158 valence electrons. The zero-order valence-electron chi connectivity index (χ0n) is 16.9. The van der Waals surface area contributed by atoms with E-state index in [9.17, 15) is 20.2 Å². The number of rotatable bonds is 6. The molecule has 2 aromatic carbocycles. The van der Waals surface area contributed by atoms with Crippen LogP contribution in [0.15, 0.2) is 69.3 Å². The van der Waals surface area contributed by atoms with Crippen molar-refractivity contribution in [3.63, 3.8) is 0 Å². The number of nitro groups is 1. The first-order valence-corrected chi connectivity index (χ1v) is 10.5. The van der Waals surface area contributed by atoms with Gasteiger partial charge in [-0.05, 0) is 30.2 Å². The van der Waals surface area contributed by atoms with E-state index in [1.165, 1.54) is 35.6 Å². The van der Waals surface area contributed by atoms with Gasteiger partial charge in [0, 0.05) is 34.8 Å². The van der Waals surface area contributed by atoms with Gasteiger partial charge in [-0.1, -0.05) is 25.1 Å². The third-order valence-electron chi connectivity index (χ3n) is 4.83. The van der Waals surface area contributed by atoms with Gasteiger partial charge in [0.2, 0.25) is 0 Å². The lowest BCUT2D eigenvalue weighted by molar-refractivity contribution is -0.384. The van der Waals surface area contributed by atoms with Gasteiger partial charge in [0.15, 0.2) is 0 Å². The van der Waals surface area contributed by atoms with E-state index < -0.39 is 10.5 Å². The van der Waals surface area contributed by atoms with Crippen LogP contribution in [0, 0.1) is 21.4 Å². The lowest BCUT2D eigenvalue weighted by Crippen LogP contribution is -2.03.